The van der Waals surface area contributed by atoms with Gasteiger partial charge in [-0.2, -0.15) is 5.10 Å². The molecule has 2 aromatic rings. The Balaban J connectivity index is 1.28. The molecule has 4 heterocycles. The van der Waals surface area contributed by atoms with Crippen molar-refractivity contribution in [3.8, 4) is 0 Å². The Bertz CT molecular complexity index is 915. The monoisotopic (exact) mass is 401 g/mol. The van der Waals surface area contributed by atoms with Crippen LogP contribution >= 0.6 is 0 Å². The number of rotatable bonds is 5. The lowest BCUT2D eigenvalue weighted by Gasteiger charge is -2.23. The summed E-state index contributed by atoms with van der Waals surface area (Å²) in [4.78, 5) is 28.7. The van der Waals surface area contributed by atoms with Gasteiger partial charge in [0.05, 0.1) is 25.3 Å². The zero-order valence-electron chi connectivity index (χ0n) is 16.1. The van der Waals surface area contributed by atoms with Gasteiger partial charge in [-0.25, -0.2) is 9.07 Å². The van der Waals surface area contributed by atoms with E-state index in [1.165, 1.54) is 9.58 Å². The molecule has 1 saturated carbocycles. The Morgan fingerprint density at radius 2 is 1.97 bits per heavy atom. The summed E-state index contributed by atoms with van der Waals surface area (Å²) >= 11 is 0. The molecule has 3 aliphatic rings. The standard InChI is InChI=1S/C19H24FN7O2/c20-13-7-14(10-26-11-17(23-24-26)18(28)25-5-1-2-6-25)27(9-13)19(29)16-8-15(21-22-16)12-3-4-12/h8,11-14H,1-7,9-10H2,(H,21,22)/t13-,14-/m0/s1. The van der Waals surface area contributed by atoms with E-state index in [1.807, 2.05) is 0 Å². The fourth-order valence-electron chi connectivity index (χ4n) is 4.26. The van der Waals surface area contributed by atoms with Crippen LogP contribution in [0, 0.1) is 0 Å². The number of H-pyrrole nitrogens is 1. The highest BCUT2D eigenvalue weighted by Crippen LogP contribution is 2.39. The second-order valence-corrected chi connectivity index (χ2v) is 8.25. The molecule has 3 fully saturated rings. The van der Waals surface area contributed by atoms with Gasteiger partial charge in [-0.1, -0.05) is 5.21 Å². The minimum absolute atomic E-state index is 0.0450. The van der Waals surface area contributed by atoms with Crippen molar-refractivity contribution in [2.45, 2.75) is 56.8 Å². The van der Waals surface area contributed by atoms with Crippen LogP contribution in [-0.2, 0) is 6.54 Å². The number of carbonyl (C=O) groups excluding carboxylic acids is 2. The minimum Gasteiger partial charge on any atom is -0.337 e. The fraction of sp³-hybridized carbons (Fsp3) is 0.632. The molecule has 2 aromatic heterocycles. The van der Waals surface area contributed by atoms with Gasteiger partial charge in [0.25, 0.3) is 11.8 Å². The van der Waals surface area contributed by atoms with Gasteiger partial charge in [0.2, 0.25) is 0 Å². The number of halogens is 1. The zero-order valence-corrected chi connectivity index (χ0v) is 16.1. The van der Waals surface area contributed by atoms with Gasteiger partial charge in [-0.3, -0.25) is 14.7 Å². The maximum absolute atomic E-state index is 14.2. The molecule has 2 atom stereocenters. The van der Waals surface area contributed by atoms with E-state index in [4.69, 9.17) is 0 Å². The van der Waals surface area contributed by atoms with Gasteiger partial charge in [0.1, 0.15) is 11.9 Å². The molecular formula is C19H24FN7O2. The van der Waals surface area contributed by atoms with Crippen LogP contribution in [0.25, 0.3) is 0 Å². The number of aromatic amines is 1. The van der Waals surface area contributed by atoms with Crippen molar-refractivity contribution in [2.75, 3.05) is 19.6 Å². The number of nitrogens with zero attached hydrogens (tertiary/aromatic N) is 6. The van der Waals surface area contributed by atoms with E-state index in [0.29, 0.717) is 23.9 Å². The van der Waals surface area contributed by atoms with E-state index in [9.17, 15) is 14.0 Å². The van der Waals surface area contributed by atoms with E-state index in [0.717, 1.165) is 44.5 Å². The molecule has 2 aliphatic heterocycles. The first-order valence-electron chi connectivity index (χ1n) is 10.3. The highest BCUT2D eigenvalue weighted by molar-refractivity contribution is 5.93. The predicted molar refractivity (Wildman–Crippen MR) is 100 cm³/mol. The van der Waals surface area contributed by atoms with E-state index < -0.39 is 6.17 Å². The molecule has 2 saturated heterocycles. The van der Waals surface area contributed by atoms with E-state index >= 15 is 0 Å². The molecule has 0 radical (unpaired) electrons. The van der Waals surface area contributed by atoms with Gasteiger partial charge in [-0.15, -0.1) is 5.10 Å². The van der Waals surface area contributed by atoms with Crippen molar-refractivity contribution in [3.05, 3.63) is 29.3 Å². The first-order valence-corrected chi connectivity index (χ1v) is 10.3. The quantitative estimate of drug-likeness (QED) is 0.816. The number of aromatic nitrogens is 5. The van der Waals surface area contributed by atoms with Crippen LogP contribution in [0.15, 0.2) is 12.3 Å². The lowest BCUT2D eigenvalue weighted by Crippen LogP contribution is -2.38. The Morgan fingerprint density at radius 1 is 1.17 bits per heavy atom. The van der Waals surface area contributed by atoms with E-state index in [2.05, 4.69) is 20.5 Å². The van der Waals surface area contributed by atoms with Crippen LogP contribution in [0.4, 0.5) is 4.39 Å². The predicted octanol–water partition coefficient (Wildman–Crippen LogP) is 1.37. The molecular weight excluding hydrogens is 377 g/mol. The molecule has 9 nitrogen and oxygen atoms in total. The van der Waals surface area contributed by atoms with E-state index in [1.54, 1.807) is 17.2 Å². The number of nitrogens with one attached hydrogen (secondary N) is 1. The first kappa shape index (κ1) is 18.3. The number of hydrogen-bond donors (Lipinski definition) is 1. The van der Waals surface area contributed by atoms with Crippen LogP contribution in [0.3, 0.4) is 0 Å². The third-order valence-electron chi connectivity index (χ3n) is 6.01. The summed E-state index contributed by atoms with van der Waals surface area (Å²) in [7, 11) is 0. The van der Waals surface area contributed by atoms with Crippen molar-refractivity contribution in [1.82, 2.24) is 35.0 Å². The number of carbonyl (C=O) groups is 2. The number of hydrogen-bond acceptors (Lipinski definition) is 5. The molecule has 0 spiro atoms. The van der Waals surface area contributed by atoms with Gasteiger partial charge in [-0.05, 0) is 31.7 Å². The van der Waals surface area contributed by atoms with Crippen LogP contribution in [0.1, 0.15) is 64.7 Å². The Kier molecular flexibility index (Phi) is 4.56. The van der Waals surface area contributed by atoms with E-state index in [-0.39, 0.29) is 30.8 Å². The third kappa shape index (κ3) is 3.63. The van der Waals surface area contributed by atoms with Gasteiger partial charge in [0, 0.05) is 31.1 Å². The van der Waals surface area contributed by atoms with Crippen molar-refractivity contribution in [2.24, 2.45) is 0 Å². The number of alkyl halides is 1. The van der Waals surface area contributed by atoms with Crippen LogP contribution < -0.4 is 0 Å². The molecule has 1 N–H and O–H groups in total. The lowest BCUT2D eigenvalue weighted by atomic mass is 10.2. The summed E-state index contributed by atoms with van der Waals surface area (Å²) in [6, 6.07) is 1.43. The summed E-state index contributed by atoms with van der Waals surface area (Å²) in [6.45, 7) is 1.83. The Morgan fingerprint density at radius 3 is 2.72 bits per heavy atom. The molecule has 5 rings (SSSR count). The smallest absolute Gasteiger partial charge is 0.276 e. The summed E-state index contributed by atoms with van der Waals surface area (Å²) in [5.74, 6) is 0.0708. The molecule has 10 heteroatoms. The maximum atomic E-state index is 14.2. The van der Waals surface area contributed by atoms with Crippen molar-refractivity contribution < 1.29 is 14.0 Å². The fourth-order valence-corrected chi connectivity index (χ4v) is 4.26. The highest BCUT2D eigenvalue weighted by Gasteiger charge is 2.38. The van der Waals surface area contributed by atoms with Crippen molar-refractivity contribution in [1.29, 1.82) is 0 Å². The summed E-state index contributed by atoms with van der Waals surface area (Å²) in [5.41, 5.74) is 1.60. The largest absolute Gasteiger partial charge is 0.337 e. The SMILES string of the molecule is O=C(c1cn(C[C@@H]2C[C@H](F)CN2C(=O)c2cc(C3CC3)[nH]n2)nn1)N1CCCC1. The maximum Gasteiger partial charge on any atom is 0.276 e. The average molecular weight is 401 g/mol. The number of likely N-dealkylation sites (tertiary alicyclic amines) is 2. The lowest BCUT2D eigenvalue weighted by molar-refractivity contribution is 0.0707. The normalized spacial score (nSPS) is 24.4. The zero-order chi connectivity index (χ0) is 20.0. The number of amides is 2. The van der Waals surface area contributed by atoms with Gasteiger partial charge < -0.3 is 9.80 Å². The second kappa shape index (κ2) is 7.23. The summed E-state index contributed by atoms with van der Waals surface area (Å²) in [6.07, 6.45) is 4.98. The van der Waals surface area contributed by atoms with Gasteiger partial charge >= 0.3 is 0 Å². The third-order valence-corrected chi connectivity index (χ3v) is 6.01. The van der Waals surface area contributed by atoms with Crippen LogP contribution in [-0.4, -0.2) is 78.7 Å². The van der Waals surface area contributed by atoms with Crippen molar-refractivity contribution >= 4 is 11.8 Å². The van der Waals surface area contributed by atoms with Crippen LogP contribution in [0.5, 0.6) is 0 Å². The van der Waals surface area contributed by atoms with Gasteiger partial charge in [0.15, 0.2) is 5.69 Å². The minimum atomic E-state index is -1.08. The first-order chi connectivity index (χ1) is 14.1. The Hall–Kier alpha value is -2.78. The highest BCUT2D eigenvalue weighted by atomic mass is 19.1. The second-order valence-electron chi connectivity index (χ2n) is 8.25. The topological polar surface area (TPSA) is 100 Å². The molecule has 29 heavy (non-hydrogen) atoms. The Labute approximate surface area is 167 Å². The summed E-state index contributed by atoms with van der Waals surface area (Å²) in [5, 5.41) is 15.1. The molecule has 2 amide bonds. The average Bonchev–Trinajstić information content (AvgIpc) is 3.19. The molecule has 154 valence electrons. The molecule has 0 unspecified atom stereocenters. The molecule has 0 bridgehead atoms. The molecule has 0 aromatic carbocycles. The summed E-state index contributed by atoms with van der Waals surface area (Å²) < 4.78 is 15.7. The van der Waals surface area contributed by atoms with Crippen LogP contribution in [0.2, 0.25) is 0 Å². The molecule has 1 aliphatic carbocycles. The van der Waals surface area contributed by atoms with Crippen molar-refractivity contribution in [3.63, 3.8) is 0 Å².